The first-order valence-corrected chi connectivity index (χ1v) is 7.29. The molecule has 0 aromatic carbocycles. The summed E-state index contributed by atoms with van der Waals surface area (Å²) in [5, 5.41) is 3.47. The van der Waals surface area contributed by atoms with Crippen LogP contribution in [0.2, 0.25) is 0 Å². The van der Waals surface area contributed by atoms with Gasteiger partial charge < -0.3 is 5.32 Å². The third-order valence-corrected chi connectivity index (χ3v) is 3.76. The molecule has 100 valence electrons. The van der Waals surface area contributed by atoms with Crippen molar-refractivity contribution >= 4 is 5.82 Å². The number of hydrogen-bond acceptors (Lipinski definition) is 3. The van der Waals surface area contributed by atoms with Gasteiger partial charge in [-0.25, -0.2) is 4.98 Å². The van der Waals surface area contributed by atoms with Crippen molar-refractivity contribution in [3.8, 4) is 0 Å². The Hall–Kier alpha value is -1.09. The maximum Gasteiger partial charge on any atom is 0.130 e. The molecule has 1 aliphatic heterocycles. The van der Waals surface area contributed by atoms with Crippen molar-refractivity contribution in [1.82, 2.24) is 9.88 Å². The van der Waals surface area contributed by atoms with Crippen molar-refractivity contribution in [3.63, 3.8) is 0 Å². The maximum absolute atomic E-state index is 4.52. The minimum absolute atomic E-state index is 0.553. The number of piperidine rings is 1. The highest BCUT2D eigenvalue weighted by Crippen LogP contribution is 2.33. The number of likely N-dealkylation sites (tertiary alicyclic amines) is 1. The molecule has 3 nitrogen and oxygen atoms in total. The number of anilines is 1. The summed E-state index contributed by atoms with van der Waals surface area (Å²) in [5.41, 5.74) is 1.38. The van der Waals surface area contributed by atoms with E-state index in [4.69, 9.17) is 0 Å². The predicted molar refractivity (Wildman–Crippen MR) is 76.9 cm³/mol. The number of hydrogen-bond donors (Lipinski definition) is 1. The SMILES string of the molecule is CCCNc1ncccc1[C@H]1CCCCN1CC. The van der Waals surface area contributed by atoms with Gasteiger partial charge in [0, 0.05) is 24.3 Å². The van der Waals surface area contributed by atoms with Gasteiger partial charge in [-0.2, -0.15) is 0 Å². The molecule has 1 N–H and O–H groups in total. The Morgan fingerprint density at radius 1 is 1.39 bits per heavy atom. The summed E-state index contributed by atoms with van der Waals surface area (Å²) in [6, 6.07) is 4.86. The summed E-state index contributed by atoms with van der Waals surface area (Å²) in [4.78, 5) is 7.10. The first kappa shape index (κ1) is 13.3. The lowest BCUT2D eigenvalue weighted by Crippen LogP contribution is -2.33. The second-order valence-electron chi connectivity index (χ2n) is 5.01. The molecule has 2 heterocycles. The third kappa shape index (κ3) is 3.02. The molecule has 3 heteroatoms. The molecule has 1 saturated heterocycles. The van der Waals surface area contributed by atoms with Gasteiger partial charge in [0.1, 0.15) is 5.82 Å². The van der Waals surface area contributed by atoms with Crippen molar-refractivity contribution in [2.24, 2.45) is 0 Å². The molecule has 18 heavy (non-hydrogen) atoms. The summed E-state index contributed by atoms with van der Waals surface area (Å²) < 4.78 is 0. The molecule has 0 amide bonds. The van der Waals surface area contributed by atoms with E-state index in [1.165, 1.54) is 31.4 Å². The summed E-state index contributed by atoms with van der Waals surface area (Å²) in [7, 11) is 0. The number of nitrogens with one attached hydrogen (secondary N) is 1. The van der Waals surface area contributed by atoms with Gasteiger partial charge in [0.05, 0.1) is 0 Å². The smallest absolute Gasteiger partial charge is 0.130 e. The molecule has 0 spiro atoms. The van der Waals surface area contributed by atoms with Crippen LogP contribution in [0.3, 0.4) is 0 Å². The summed E-state index contributed by atoms with van der Waals surface area (Å²) in [6.45, 7) is 7.81. The van der Waals surface area contributed by atoms with Crippen molar-refractivity contribution < 1.29 is 0 Å². The van der Waals surface area contributed by atoms with Crippen molar-refractivity contribution in [3.05, 3.63) is 23.9 Å². The fourth-order valence-corrected chi connectivity index (χ4v) is 2.80. The highest BCUT2D eigenvalue weighted by Gasteiger charge is 2.24. The Morgan fingerprint density at radius 2 is 2.28 bits per heavy atom. The van der Waals surface area contributed by atoms with Crippen LogP contribution in [-0.2, 0) is 0 Å². The van der Waals surface area contributed by atoms with E-state index in [0.29, 0.717) is 6.04 Å². The molecule has 1 aromatic rings. The van der Waals surface area contributed by atoms with Crippen LogP contribution in [0.1, 0.15) is 51.1 Å². The van der Waals surface area contributed by atoms with Crippen LogP contribution in [0.25, 0.3) is 0 Å². The maximum atomic E-state index is 4.52. The number of pyridine rings is 1. The van der Waals surface area contributed by atoms with E-state index >= 15 is 0 Å². The number of aromatic nitrogens is 1. The molecule has 2 rings (SSSR count). The van der Waals surface area contributed by atoms with E-state index in [9.17, 15) is 0 Å². The molecule has 0 unspecified atom stereocenters. The minimum atomic E-state index is 0.553. The van der Waals surface area contributed by atoms with Gasteiger partial charge in [0.25, 0.3) is 0 Å². The van der Waals surface area contributed by atoms with Crippen LogP contribution < -0.4 is 5.32 Å². The largest absolute Gasteiger partial charge is 0.370 e. The Balaban J connectivity index is 2.19. The fourth-order valence-electron chi connectivity index (χ4n) is 2.80. The van der Waals surface area contributed by atoms with E-state index in [0.717, 1.165) is 25.3 Å². The average Bonchev–Trinajstić information content (AvgIpc) is 2.45. The van der Waals surface area contributed by atoms with E-state index in [-0.39, 0.29) is 0 Å². The molecule has 1 aromatic heterocycles. The fraction of sp³-hybridized carbons (Fsp3) is 0.667. The Labute approximate surface area is 111 Å². The van der Waals surface area contributed by atoms with Crippen molar-refractivity contribution in [2.75, 3.05) is 25.0 Å². The van der Waals surface area contributed by atoms with E-state index < -0.39 is 0 Å². The minimum Gasteiger partial charge on any atom is -0.370 e. The Kier molecular flexibility index (Phi) is 5.00. The number of rotatable bonds is 5. The summed E-state index contributed by atoms with van der Waals surface area (Å²) in [6.07, 6.45) is 6.96. The molecule has 0 bridgehead atoms. The molecule has 0 radical (unpaired) electrons. The lowest BCUT2D eigenvalue weighted by atomic mass is 9.95. The first-order chi connectivity index (χ1) is 8.86. The van der Waals surface area contributed by atoms with E-state index in [2.05, 4.69) is 41.2 Å². The number of nitrogens with zero attached hydrogens (tertiary/aromatic N) is 2. The zero-order valence-electron chi connectivity index (χ0n) is 11.7. The van der Waals surface area contributed by atoms with Crippen molar-refractivity contribution in [2.45, 2.75) is 45.6 Å². The highest BCUT2D eigenvalue weighted by atomic mass is 15.2. The van der Waals surface area contributed by atoms with Crippen LogP contribution in [0.5, 0.6) is 0 Å². The second kappa shape index (κ2) is 6.74. The van der Waals surface area contributed by atoms with Crippen molar-refractivity contribution in [1.29, 1.82) is 0 Å². The van der Waals surface area contributed by atoms with Gasteiger partial charge >= 0.3 is 0 Å². The molecule has 0 aliphatic carbocycles. The lowest BCUT2D eigenvalue weighted by molar-refractivity contribution is 0.157. The standard InChI is InChI=1S/C15H25N3/c1-3-10-16-15-13(8-7-11-17-15)14-9-5-6-12-18(14)4-2/h7-8,11,14H,3-6,9-10,12H2,1-2H3,(H,16,17)/t14-/m1/s1. The monoisotopic (exact) mass is 247 g/mol. The topological polar surface area (TPSA) is 28.2 Å². The third-order valence-electron chi connectivity index (χ3n) is 3.76. The van der Waals surface area contributed by atoms with Crippen LogP contribution in [0, 0.1) is 0 Å². The Morgan fingerprint density at radius 3 is 3.06 bits per heavy atom. The van der Waals surface area contributed by atoms with Gasteiger partial charge in [-0.3, -0.25) is 4.90 Å². The van der Waals surface area contributed by atoms with Gasteiger partial charge in [-0.05, 0) is 38.4 Å². The van der Waals surface area contributed by atoms with E-state index in [1.54, 1.807) is 0 Å². The molecule has 1 atom stereocenters. The zero-order valence-corrected chi connectivity index (χ0v) is 11.7. The van der Waals surface area contributed by atoms with Gasteiger partial charge in [0.15, 0.2) is 0 Å². The first-order valence-electron chi connectivity index (χ1n) is 7.29. The van der Waals surface area contributed by atoms with Crippen LogP contribution in [-0.4, -0.2) is 29.5 Å². The summed E-state index contributed by atoms with van der Waals surface area (Å²) >= 11 is 0. The van der Waals surface area contributed by atoms with E-state index in [1.807, 2.05) is 6.20 Å². The van der Waals surface area contributed by atoms with Crippen LogP contribution in [0.15, 0.2) is 18.3 Å². The van der Waals surface area contributed by atoms with Gasteiger partial charge in [-0.1, -0.05) is 26.3 Å². The van der Waals surface area contributed by atoms with Crippen LogP contribution in [0.4, 0.5) is 5.82 Å². The molecule has 1 aliphatic rings. The molecule has 0 saturated carbocycles. The lowest BCUT2D eigenvalue weighted by Gasteiger charge is -2.35. The van der Waals surface area contributed by atoms with Crippen LogP contribution >= 0.6 is 0 Å². The molecule has 1 fully saturated rings. The summed E-state index contributed by atoms with van der Waals surface area (Å²) in [5.74, 6) is 1.09. The highest BCUT2D eigenvalue weighted by molar-refractivity contribution is 5.45. The van der Waals surface area contributed by atoms with Gasteiger partial charge in [0.2, 0.25) is 0 Å². The predicted octanol–water partition coefficient (Wildman–Crippen LogP) is 3.45. The zero-order chi connectivity index (χ0) is 12.8. The quantitative estimate of drug-likeness (QED) is 0.863. The normalized spacial score (nSPS) is 20.9. The van der Waals surface area contributed by atoms with Gasteiger partial charge in [-0.15, -0.1) is 0 Å². The Bertz CT molecular complexity index is 365. The molecular formula is C15H25N3. The molecular weight excluding hydrogens is 222 g/mol. The average molecular weight is 247 g/mol. The second-order valence-corrected chi connectivity index (χ2v) is 5.01.